The molecule has 0 spiro atoms. The van der Waals surface area contributed by atoms with E-state index in [9.17, 15) is 4.79 Å². The molecule has 0 aliphatic rings. The maximum Gasteiger partial charge on any atom is 0.249 e. The van der Waals surface area contributed by atoms with Crippen molar-refractivity contribution >= 4 is 28.7 Å². The molecule has 0 radical (unpaired) electrons. The number of hydrogen-bond donors (Lipinski definition) is 2. The minimum atomic E-state index is -0.109. The number of aromatic amines is 1. The van der Waals surface area contributed by atoms with Gasteiger partial charge in [0.25, 0.3) is 0 Å². The predicted octanol–water partition coefficient (Wildman–Crippen LogP) is 3.52. The number of aromatic nitrogens is 4. The highest BCUT2D eigenvalue weighted by Crippen LogP contribution is 2.19. The van der Waals surface area contributed by atoms with Crippen molar-refractivity contribution in [3.8, 4) is 0 Å². The van der Waals surface area contributed by atoms with Crippen LogP contribution >= 0.6 is 11.8 Å². The lowest BCUT2D eigenvalue weighted by Crippen LogP contribution is -2.23. The van der Waals surface area contributed by atoms with E-state index in [2.05, 4.69) is 32.5 Å². The zero-order valence-electron chi connectivity index (χ0n) is 14.8. The van der Waals surface area contributed by atoms with Gasteiger partial charge in [0.15, 0.2) is 5.16 Å². The topological polar surface area (TPSA) is 75.6 Å². The van der Waals surface area contributed by atoms with E-state index in [1.807, 2.05) is 49.4 Å². The fraction of sp³-hybridized carbons (Fsp3) is 0.150. The molecule has 0 saturated heterocycles. The highest BCUT2D eigenvalue weighted by molar-refractivity contribution is 7.99. The Balaban J connectivity index is 1.37. The number of H-pyrrole nitrogens is 1. The number of hydrogen-bond acceptors (Lipinski definition) is 4. The van der Waals surface area contributed by atoms with Crippen LogP contribution in [0.2, 0.25) is 0 Å². The van der Waals surface area contributed by atoms with Crippen molar-refractivity contribution in [1.82, 2.24) is 19.6 Å². The largest absolute Gasteiger partial charge is 0.337 e. The molecule has 0 fully saturated rings. The summed E-state index contributed by atoms with van der Waals surface area (Å²) in [6.07, 6.45) is 2.39. The van der Waals surface area contributed by atoms with Crippen molar-refractivity contribution in [1.29, 1.82) is 0 Å². The average molecular weight is 377 g/mol. The number of rotatable bonds is 6. The van der Waals surface area contributed by atoms with Crippen LogP contribution in [0.3, 0.4) is 0 Å². The van der Waals surface area contributed by atoms with E-state index in [4.69, 9.17) is 0 Å². The molecular formula is C20H19N5OS. The van der Waals surface area contributed by atoms with Crippen LogP contribution < -0.4 is 5.43 Å². The monoisotopic (exact) mass is 377 g/mol. The maximum absolute atomic E-state index is 12.3. The number of para-hydroxylation sites is 2. The zero-order valence-corrected chi connectivity index (χ0v) is 15.7. The molecule has 0 aliphatic carbocycles. The fourth-order valence-corrected chi connectivity index (χ4v) is 3.58. The first-order valence-corrected chi connectivity index (χ1v) is 9.62. The number of carbonyl (C=O) groups excluding carboxylic acids is 1. The SMILES string of the molecule is Cc1[nH]c(SCC(=O)Nn2cnc3ccccc32)nc1Cc1ccccc1. The second-order valence-corrected chi connectivity index (χ2v) is 7.17. The molecule has 2 N–H and O–H groups in total. The van der Waals surface area contributed by atoms with Crippen molar-refractivity contribution in [2.24, 2.45) is 0 Å². The standard InChI is InChI=1S/C20H19N5OS/c1-14-17(11-15-7-3-2-4-8-15)23-20(22-14)27-12-19(26)24-25-13-21-16-9-5-6-10-18(16)25/h2-10,13H,11-12H2,1H3,(H,22,23)(H,24,26). The van der Waals surface area contributed by atoms with E-state index >= 15 is 0 Å². The first kappa shape index (κ1) is 17.4. The number of nitrogens with zero attached hydrogens (tertiary/aromatic N) is 3. The predicted molar refractivity (Wildman–Crippen MR) is 107 cm³/mol. The molecule has 6 nitrogen and oxygen atoms in total. The van der Waals surface area contributed by atoms with Crippen LogP contribution in [-0.2, 0) is 11.2 Å². The Morgan fingerprint density at radius 3 is 2.78 bits per heavy atom. The Morgan fingerprint density at radius 1 is 1.15 bits per heavy atom. The summed E-state index contributed by atoms with van der Waals surface area (Å²) in [6.45, 7) is 2.01. The van der Waals surface area contributed by atoms with Gasteiger partial charge in [-0.15, -0.1) is 0 Å². The third-order valence-electron chi connectivity index (χ3n) is 4.22. The fourth-order valence-electron chi connectivity index (χ4n) is 2.85. The molecule has 0 aliphatic heterocycles. The average Bonchev–Trinajstić information content (AvgIpc) is 3.25. The van der Waals surface area contributed by atoms with Crippen LogP contribution in [0.15, 0.2) is 66.1 Å². The lowest BCUT2D eigenvalue weighted by atomic mass is 10.1. The lowest BCUT2D eigenvalue weighted by Gasteiger charge is -2.06. The molecule has 0 saturated carbocycles. The van der Waals surface area contributed by atoms with Crippen molar-refractivity contribution in [3.63, 3.8) is 0 Å². The van der Waals surface area contributed by atoms with Crippen molar-refractivity contribution in [2.45, 2.75) is 18.5 Å². The lowest BCUT2D eigenvalue weighted by molar-refractivity contribution is -0.114. The molecule has 136 valence electrons. The summed E-state index contributed by atoms with van der Waals surface area (Å²) >= 11 is 1.39. The first-order valence-electron chi connectivity index (χ1n) is 8.63. The number of amides is 1. The van der Waals surface area contributed by atoms with Crippen molar-refractivity contribution in [2.75, 3.05) is 11.2 Å². The number of benzene rings is 2. The number of aryl methyl sites for hydroxylation is 1. The van der Waals surface area contributed by atoms with Gasteiger partial charge in [-0.25, -0.2) is 14.6 Å². The van der Waals surface area contributed by atoms with Gasteiger partial charge in [0.1, 0.15) is 6.33 Å². The van der Waals surface area contributed by atoms with E-state index in [-0.39, 0.29) is 11.7 Å². The number of thioether (sulfide) groups is 1. The quantitative estimate of drug-likeness (QED) is 0.504. The van der Waals surface area contributed by atoms with Gasteiger partial charge in [-0.1, -0.05) is 54.2 Å². The van der Waals surface area contributed by atoms with Crippen LogP contribution in [0.5, 0.6) is 0 Å². The van der Waals surface area contributed by atoms with Crippen molar-refractivity contribution in [3.05, 3.63) is 77.9 Å². The van der Waals surface area contributed by atoms with Crippen LogP contribution in [0, 0.1) is 6.92 Å². The molecule has 2 aromatic heterocycles. The van der Waals surface area contributed by atoms with E-state index in [1.165, 1.54) is 17.3 Å². The van der Waals surface area contributed by atoms with Crippen LogP contribution in [0.1, 0.15) is 17.0 Å². The van der Waals surface area contributed by atoms with Crippen LogP contribution in [-0.4, -0.2) is 31.3 Å². The van der Waals surface area contributed by atoms with E-state index in [0.29, 0.717) is 0 Å². The van der Waals surface area contributed by atoms with Gasteiger partial charge in [0, 0.05) is 12.1 Å². The maximum atomic E-state index is 12.3. The third-order valence-corrected chi connectivity index (χ3v) is 5.09. The second kappa shape index (κ2) is 7.67. The molecule has 2 heterocycles. The van der Waals surface area contributed by atoms with Gasteiger partial charge in [0.05, 0.1) is 22.5 Å². The number of imidazole rings is 2. The molecule has 0 unspecified atom stereocenters. The molecule has 0 bridgehead atoms. The van der Waals surface area contributed by atoms with E-state index in [1.54, 1.807) is 11.0 Å². The smallest absolute Gasteiger partial charge is 0.249 e. The molecule has 27 heavy (non-hydrogen) atoms. The van der Waals surface area contributed by atoms with Gasteiger partial charge in [-0.2, -0.15) is 0 Å². The van der Waals surface area contributed by atoms with Gasteiger partial charge in [-0.05, 0) is 24.6 Å². The minimum absolute atomic E-state index is 0.109. The summed E-state index contributed by atoms with van der Waals surface area (Å²) in [5.41, 5.74) is 7.81. The minimum Gasteiger partial charge on any atom is -0.337 e. The van der Waals surface area contributed by atoms with E-state index in [0.717, 1.165) is 34.0 Å². The Morgan fingerprint density at radius 2 is 1.93 bits per heavy atom. The first-order chi connectivity index (χ1) is 13.2. The van der Waals surface area contributed by atoms with Crippen LogP contribution in [0.25, 0.3) is 11.0 Å². The normalized spacial score (nSPS) is 11.0. The summed E-state index contributed by atoms with van der Waals surface area (Å²) in [5.74, 6) is 0.159. The molecule has 2 aromatic carbocycles. The molecule has 7 heteroatoms. The molecule has 4 rings (SSSR count). The Labute approximate surface area is 161 Å². The molecule has 0 atom stereocenters. The highest BCUT2D eigenvalue weighted by atomic mass is 32.2. The summed E-state index contributed by atoms with van der Waals surface area (Å²) in [4.78, 5) is 24.4. The van der Waals surface area contributed by atoms with Gasteiger partial charge in [0.2, 0.25) is 5.91 Å². The number of fused-ring (bicyclic) bond motifs is 1. The summed E-state index contributed by atoms with van der Waals surface area (Å²) in [7, 11) is 0. The third kappa shape index (κ3) is 4.03. The zero-order chi connectivity index (χ0) is 18.6. The summed E-state index contributed by atoms with van der Waals surface area (Å²) in [5, 5.41) is 0.754. The molecule has 1 amide bonds. The van der Waals surface area contributed by atoms with Gasteiger partial charge in [-0.3, -0.25) is 10.2 Å². The van der Waals surface area contributed by atoms with Crippen molar-refractivity contribution < 1.29 is 4.79 Å². The number of carbonyl (C=O) groups is 1. The summed E-state index contributed by atoms with van der Waals surface area (Å²) in [6, 6.07) is 17.9. The van der Waals surface area contributed by atoms with Crippen LogP contribution in [0.4, 0.5) is 0 Å². The van der Waals surface area contributed by atoms with Gasteiger partial charge < -0.3 is 4.98 Å². The van der Waals surface area contributed by atoms with Gasteiger partial charge >= 0.3 is 0 Å². The Kier molecular flexibility index (Phi) is 4.93. The van der Waals surface area contributed by atoms with E-state index < -0.39 is 0 Å². The molecule has 4 aromatic rings. The Hall–Kier alpha value is -3.06. The summed E-state index contributed by atoms with van der Waals surface area (Å²) < 4.78 is 1.65. The Bertz CT molecular complexity index is 1070. The molecular weight excluding hydrogens is 358 g/mol. The number of nitrogens with one attached hydrogen (secondary N) is 2. The second-order valence-electron chi connectivity index (χ2n) is 6.20. The highest BCUT2D eigenvalue weighted by Gasteiger charge is 2.11.